The van der Waals surface area contributed by atoms with Gasteiger partial charge in [-0.1, -0.05) is 54.1 Å². The van der Waals surface area contributed by atoms with Gasteiger partial charge >= 0.3 is 0 Å². The molecule has 0 saturated heterocycles. The number of hydrogen-bond acceptors (Lipinski definition) is 5. The summed E-state index contributed by atoms with van der Waals surface area (Å²) in [6.45, 7) is 3.92. The average molecular weight is 412 g/mol. The van der Waals surface area contributed by atoms with E-state index in [1.165, 1.54) is 0 Å². The number of rotatable bonds is 6. The molecular weight excluding hydrogens is 390 g/mol. The number of thioether (sulfide) groups is 1. The van der Waals surface area contributed by atoms with Crippen LogP contribution in [0.2, 0.25) is 0 Å². The summed E-state index contributed by atoms with van der Waals surface area (Å²) < 4.78 is 1.96. The van der Waals surface area contributed by atoms with Gasteiger partial charge in [-0.25, -0.2) is 14.6 Å². The maximum absolute atomic E-state index is 4.87. The van der Waals surface area contributed by atoms with Gasteiger partial charge < -0.3 is 5.32 Å². The maximum atomic E-state index is 4.87. The van der Waals surface area contributed by atoms with Crippen LogP contribution in [0.3, 0.4) is 0 Å². The molecule has 0 amide bonds. The van der Waals surface area contributed by atoms with E-state index in [0.29, 0.717) is 11.7 Å². The van der Waals surface area contributed by atoms with E-state index in [-0.39, 0.29) is 0 Å². The predicted molar refractivity (Wildman–Crippen MR) is 123 cm³/mol. The molecule has 0 spiro atoms. The molecule has 0 fully saturated rings. The Morgan fingerprint density at radius 2 is 1.73 bits per heavy atom. The Morgan fingerprint density at radius 1 is 1.00 bits per heavy atom. The smallest absolute Gasteiger partial charge is 0.227 e. The van der Waals surface area contributed by atoms with E-state index < -0.39 is 0 Å². The third-order valence-corrected chi connectivity index (χ3v) is 5.33. The van der Waals surface area contributed by atoms with Gasteiger partial charge in [-0.2, -0.15) is 5.10 Å². The maximum Gasteiger partial charge on any atom is 0.227 e. The Kier molecular flexibility index (Phi) is 6.11. The Hall–Kier alpha value is -3.56. The first-order valence-electron chi connectivity index (χ1n) is 9.59. The van der Waals surface area contributed by atoms with Crippen molar-refractivity contribution >= 4 is 23.4 Å². The molecule has 2 aromatic heterocycles. The normalized spacial score (nSPS) is 10.3. The standard InChI is InChI=1S/C24H21N5S/c1-3-4-17-30-23-22(18(2)29(28-23)20-13-9-6-10-14-20)21-15-16-25-24(27-21)26-19-11-7-5-8-12-19/h5-16H,17H2,1-2H3,(H,25,26,27). The van der Waals surface area contributed by atoms with E-state index in [9.17, 15) is 0 Å². The summed E-state index contributed by atoms with van der Waals surface area (Å²) in [5.74, 6) is 7.28. The number of benzene rings is 2. The minimum absolute atomic E-state index is 0.551. The number of aromatic nitrogens is 4. The molecule has 1 N–H and O–H groups in total. The average Bonchev–Trinajstić information content (AvgIpc) is 3.11. The molecule has 5 nitrogen and oxygen atoms in total. The van der Waals surface area contributed by atoms with Gasteiger partial charge in [0.25, 0.3) is 0 Å². The van der Waals surface area contributed by atoms with Gasteiger partial charge in [0, 0.05) is 11.9 Å². The lowest BCUT2D eigenvalue weighted by Gasteiger charge is -2.08. The van der Waals surface area contributed by atoms with Crippen molar-refractivity contribution in [2.45, 2.75) is 18.9 Å². The molecule has 0 aliphatic rings. The third-order valence-electron chi connectivity index (χ3n) is 4.48. The number of hydrogen-bond donors (Lipinski definition) is 1. The molecule has 0 atom stereocenters. The largest absolute Gasteiger partial charge is 0.324 e. The summed E-state index contributed by atoms with van der Waals surface area (Å²) in [6, 6.07) is 21.9. The predicted octanol–water partition coefficient (Wildman–Crippen LogP) is 5.50. The second-order valence-electron chi connectivity index (χ2n) is 6.48. The second-order valence-corrected chi connectivity index (χ2v) is 7.45. The highest BCUT2D eigenvalue weighted by Crippen LogP contribution is 2.34. The van der Waals surface area contributed by atoms with Gasteiger partial charge in [0.1, 0.15) is 5.03 Å². The number of nitrogens with zero attached hydrogens (tertiary/aromatic N) is 4. The lowest BCUT2D eigenvalue weighted by atomic mass is 10.2. The fourth-order valence-corrected chi connectivity index (χ4v) is 3.97. The molecule has 0 aliphatic carbocycles. The topological polar surface area (TPSA) is 55.6 Å². The van der Waals surface area contributed by atoms with Crippen LogP contribution in [0, 0.1) is 18.8 Å². The fraction of sp³-hybridized carbons (Fsp3) is 0.125. The molecule has 2 aromatic carbocycles. The van der Waals surface area contributed by atoms with Crippen LogP contribution in [0.1, 0.15) is 12.6 Å². The van der Waals surface area contributed by atoms with E-state index in [4.69, 9.17) is 10.1 Å². The number of nitrogens with one attached hydrogen (secondary N) is 1. The van der Waals surface area contributed by atoms with Crippen LogP contribution in [0.4, 0.5) is 11.6 Å². The summed E-state index contributed by atoms with van der Waals surface area (Å²) in [5.41, 5.74) is 4.81. The molecule has 0 radical (unpaired) electrons. The molecule has 30 heavy (non-hydrogen) atoms. The van der Waals surface area contributed by atoms with Gasteiger partial charge in [0.05, 0.1) is 28.4 Å². The Labute approximate surface area is 180 Å². The minimum atomic E-state index is 0.551. The highest BCUT2D eigenvalue weighted by Gasteiger charge is 2.19. The summed E-state index contributed by atoms with van der Waals surface area (Å²) in [6.07, 6.45) is 1.77. The van der Waals surface area contributed by atoms with Crippen LogP contribution < -0.4 is 5.32 Å². The molecule has 4 rings (SSSR count). The first-order valence-corrected chi connectivity index (χ1v) is 10.6. The Morgan fingerprint density at radius 3 is 2.47 bits per heavy atom. The molecular formula is C24H21N5S. The molecule has 0 unspecified atom stereocenters. The first-order chi connectivity index (χ1) is 14.8. The van der Waals surface area contributed by atoms with Crippen molar-refractivity contribution in [1.82, 2.24) is 19.7 Å². The van der Waals surface area contributed by atoms with Gasteiger partial charge in [-0.15, -0.1) is 5.92 Å². The van der Waals surface area contributed by atoms with Gasteiger partial charge in [0.15, 0.2) is 0 Å². The zero-order chi connectivity index (χ0) is 20.8. The number of para-hydroxylation sites is 2. The van der Waals surface area contributed by atoms with Gasteiger partial charge in [0.2, 0.25) is 5.95 Å². The molecule has 0 saturated carbocycles. The minimum Gasteiger partial charge on any atom is -0.324 e. The van der Waals surface area contributed by atoms with Crippen LogP contribution in [0.15, 0.2) is 78.0 Å². The number of anilines is 2. The molecule has 0 aliphatic heterocycles. The molecule has 0 bridgehead atoms. The van der Waals surface area contributed by atoms with E-state index >= 15 is 0 Å². The van der Waals surface area contributed by atoms with Crippen molar-refractivity contribution in [2.75, 3.05) is 11.1 Å². The van der Waals surface area contributed by atoms with Crippen molar-refractivity contribution in [3.63, 3.8) is 0 Å². The van der Waals surface area contributed by atoms with Crippen molar-refractivity contribution in [3.8, 4) is 28.8 Å². The van der Waals surface area contributed by atoms with E-state index in [1.807, 2.05) is 78.3 Å². The first kappa shape index (κ1) is 19.7. The Balaban J connectivity index is 1.75. The summed E-state index contributed by atoms with van der Waals surface area (Å²) in [4.78, 5) is 9.15. The summed E-state index contributed by atoms with van der Waals surface area (Å²) in [5, 5.41) is 9.04. The monoisotopic (exact) mass is 411 g/mol. The van der Waals surface area contributed by atoms with E-state index in [1.54, 1.807) is 18.0 Å². The quantitative estimate of drug-likeness (QED) is 0.335. The van der Waals surface area contributed by atoms with Crippen LogP contribution in [-0.2, 0) is 0 Å². The van der Waals surface area contributed by atoms with Gasteiger partial charge in [-0.3, -0.25) is 0 Å². The molecule has 148 valence electrons. The van der Waals surface area contributed by atoms with Crippen LogP contribution in [0.25, 0.3) is 16.9 Å². The lowest BCUT2D eigenvalue weighted by molar-refractivity contribution is 0.813. The van der Waals surface area contributed by atoms with E-state index in [2.05, 4.69) is 29.1 Å². The van der Waals surface area contributed by atoms with Crippen LogP contribution >= 0.6 is 11.8 Å². The Bertz CT molecular complexity index is 1190. The second kappa shape index (κ2) is 9.29. The zero-order valence-electron chi connectivity index (χ0n) is 16.8. The van der Waals surface area contributed by atoms with Crippen LogP contribution in [0.5, 0.6) is 0 Å². The fourth-order valence-electron chi connectivity index (χ4n) is 3.08. The third kappa shape index (κ3) is 4.37. The molecule has 2 heterocycles. The highest BCUT2D eigenvalue weighted by molar-refractivity contribution is 7.99. The summed E-state index contributed by atoms with van der Waals surface area (Å²) >= 11 is 1.62. The van der Waals surface area contributed by atoms with Crippen molar-refractivity contribution in [2.24, 2.45) is 0 Å². The molecule has 6 heteroatoms. The summed E-state index contributed by atoms with van der Waals surface area (Å²) in [7, 11) is 0. The van der Waals surface area contributed by atoms with E-state index in [0.717, 1.165) is 33.4 Å². The highest BCUT2D eigenvalue weighted by atomic mass is 32.2. The van der Waals surface area contributed by atoms with Crippen LogP contribution in [-0.4, -0.2) is 25.5 Å². The SMILES string of the molecule is CC#CCSc1nn(-c2ccccc2)c(C)c1-c1ccnc(Nc2ccccc2)n1. The lowest BCUT2D eigenvalue weighted by Crippen LogP contribution is -2.00. The zero-order valence-corrected chi connectivity index (χ0v) is 17.6. The van der Waals surface area contributed by atoms with Crippen molar-refractivity contribution in [1.29, 1.82) is 0 Å². The van der Waals surface area contributed by atoms with Gasteiger partial charge in [-0.05, 0) is 44.2 Å². The van der Waals surface area contributed by atoms with Crippen molar-refractivity contribution in [3.05, 3.63) is 78.6 Å². The van der Waals surface area contributed by atoms with Crippen molar-refractivity contribution < 1.29 is 0 Å². The molecule has 4 aromatic rings.